The van der Waals surface area contributed by atoms with E-state index in [-0.39, 0.29) is 0 Å². The topological polar surface area (TPSA) is 56.7 Å². The fraction of sp³-hybridized carbons (Fsp3) is 0.875. The summed E-state index contributed by atoms with van der Waals surface area (Å²) in [6, 6.07) is 0.348. The Morgan fingerprint density at radius 1 is 1.19 bits per heavy atom. The molecule has 1 amide bonds. The number of carbonyl (C=O) groups excluding carboxylic acids is 1. The number of carbonyl (C=O) groups is 1. The van der Waals surface area contributed by atoms with Crippen molar-refractivity contribution in [2.45, 2.75) is 51.0 Å². The van der Waals surface area contributed by atoms with Gasteiger partial charge in [-0.25, -0.2) is 0 Å². The highest BCUT2D eigenvalue weighted by Crippen LogP contribution is 2.28. The van der Waals surface area contributed by atoms with Gasteiger partial charge in [0.1, 0.15) is 0 Å². The third-order valence-electron chi connectivity index (χ3n) is 5.02. The van der Waals surface area contributed by atoms with Crippen LogP contribution in [0.3, 0.4) is 0 Å². The molecule has 3 fully saturated rings. The molecular formula is C16H28N4O. The van der Waals surface area contributed by atoms with Crippen LogP contribution in [0, 0.1) is 11.8 Å². The Morgan fingerprint density at radius 2 is 1.95 bits per heavy atom. The third-order valence-corrected chi connectivity index (χ3v) is 5.02. The van der Waals surface area contributed by atoms with E-state index in [1.165, 1.54) is 25.7 Å². The summed E-state index contributed by atoms with van der Waals surface area (Å²) in [6.07, 6.45) is 8.36. The molecule has 1 saturated heterocycles. The number of amides is 1. The summed E-state index contributed by atoms with van der Waals surface area (Å²) in [6.45, 7) is 2.75. The van der Waals surface area contributed by atoms with E-state index in [0.29, 0.717) is 17.9 Å². The monoisotopic (exact) mass is 292 g/mol. The van der Waals surface area contributed by atoms with E-state index in [1.807, 2.05) is 7.05 Å². The fourth-order valence-electron chi connectivity index (χ4n) is 3.46. The molecule has 1 atom stereocenters. The molecule has 1 unspecified atom stereocenters. The lowest BCUT2D eigenvalue weighted by Gasteiger charge is -2.21. The lowest BCUT2D eigenvalue weighted by molar-refractivity contribution is -0.134. The van der Waals surface area contributed by atoms with Gasteiger partial charge in [-0.1, -0.05) is 12.8 Å². The van der Waals surface area contributed by atoms with E-state index in [9.17, 15) is 4.79 Å². The molecule has 0 radical (unpaired) electrons. The van der Waals surface area contributed by atoms with Crippen molar-refractivity contribution in [2.75, 3.05) is 26.7 Å². The van der Waals surface area contributed by atoms with Crippen molar-refractivity contribution < 1.29 is 4.79 Å². The summed E-state index contributed by atoms with van der Waals surface area (Å²) in [5.41, 5.74) is 0. The van der Waals surface area contributed by atoms with Gasteiger partial charge in [0.25, 0.3) is 0 Å². The van der Waals surface area contributed by atoms with Gasteiger partial charge in [0, 0.05) is 38.6 Å². The molecule has 0 aromatic heterocycles. The number of aliphatic imine (C=N–C) groups is 1. The molecule has 1 heterocycles. The van der Waals surface area contributed by atoms with Crippen molar-refractivity contribution in [3.63, 3.8) is 0 Å². The molecule has 0 aromatic rings. The average molecular weight is 292 g/mol. The molecule has 5 nitrogen and oxygen atoms in total. The Bertz CT molecular complexity index is 399. The van der Waals surface area contributed by atoms with Gasteiger partial charge >= 0.3 is 0 Å². The van der Waals surface area contributed by atoms with Crippen LogP contribution in [-0.2, 0) is 4.79 Å². The number of nitrogens with one attached hydrogen (secondary N) is 2. The molecule has 2 aliphatic carbocycles. The van der Waals surface area contributed by atoms with Gasteiger partial charge in [-0.2, -0.15) is 0 Å². The van der Waals surface area contributed by atoms with Crippen LogP contribution in [0.4, 0.5) is 0 Å². The second-order valence-corrected chi connectivity index (χ2v) is 6.79. The fourth-order valence-corrected chi connectivity index (χ4v) is 3.46. The highest BCUT2D eigenvalue weighted by atomic mass is 16.2. The van der Waals surface area contributed by atoms with Crippen LogP contribution >= 0.6 is 0 Å². The Labute approximate surface area is 127 Å². The van der Waals surface area contributed by atoms with Crippen LogP contribution in [0.1, 0.15) is 44.9 Å². The summed E-state index contributed by atoms with van der Waals surface area (Å²) in [5.74, 6) is 2.42. The minimum Gasteiger partial charge on any atom is -0.356 e. The predicted octanol–water partition coefficient (Wildman–Crippen LogP) is 1.35. The second-order valence-electron chi connectivity index (χ2n) is 6.79. The van der Waals surface area contributed by atoms with Gasteiger partial charge in [0.2, 0.25) is 5.91 Å². The molecule has 0 bridgehead atoms. The first kappa shape index (κ1) is 14.7. The van der Waals surface area contributed by atoms with Crippen LogP contribution in [0.5, 0.6) is 0 Å². The maximum Gasteiger partial charge on any atom is 0.225 e. The number of rotatable bonds is 4. The summed E-state index contributed by atoms with van der Waals surface area (Å²) >= 11 is 0. The molecule has 5 heteroatoms. The molecular weight excluding hydrogens is 264 g/mol. The van der Waals surface area contributed by atoms with Crippen molar-refractivity contribution in [2.24, 2.45) is 16.8 Å². The largest absolute Gasteiger partial charge is 0.356 e. The van der Waals surface area contributed by atoms with Crippen LogP contribution in [0.2, 0.25) is 0 Å². The van der Waals surface area contributed by atoms with Crippen LogP contribution in [0.25, 0.3) is 0 Å². The molecule has 2 N–H and O–H groups in total. The van der Waals surface area contributed by atoms with Gasteiger partial charge in [-0.05, 0) is 38.0 Å². The highest BCUT2D eigenvalue weighted by molar-refractivity contribution is 5.81. The minimum atomic E-state index is 0.302. The summed E-state index contributed by atoms with van der Waals surface area (Å²) in [5, 5.41) is 6.86. The van der Waals surface area contributed by atoms with Crippen molar-refractivity contribution in [3.05, 3.63) is 0 Å². The van der Waals surface area contributed by atoms with E-state index < -0.39 is 0 Å². The number of likely N-dealkylation sites (tertiary alicyclic amines) is 1. The Morgan fingerprint density at radius 3 is 2.62 bits per heavy atom. The number of nitrogens with zero attached hydrogens (tertiary/aromatic N) is 2. The molecule has 3 aliphatic rings. The van der Waals surface area contributed by atoms with Crippen molar-refractivity contribution in [1.29, 1.82) is 0 Å². The maximum atomic E-state index is 12.4. The Hall–Kier alpha value is -1.26. The quantitative estimate of drug-likeness (QED) is 0.607. The van der Waals surface area contributed by atoms with Gasteiger partial charge < -0.3 is 15.5 Å². The zero-order valence-corrected chi connectivity index (χ0v) is 13.1. The van der Waals surface area contributed by atoms with E-state index in [0.717, 1.165) is 50.8 Å². The molecule has 118 valence electrons. The first-order valence-electron chi connectivity index (χ1n) is 8.52. The summed E-state index contributed by atoms with van der Waals surface area (Å²) < 4.78 is 0. The lowest BCUT2D eigenvalue weighted by atomic mass is 10.1. The normalized spacial score (nSPS) is 27.2. The Kier molecular flexibility index (Phi) is 4.66. The predicted molar refractivity (Wildman–Crippen MR) is 84.2 cm³/mol. The first-order valence-corrected chi connectivity index (χ1v) is 8.52. The van der Waals surface area contributed by atoms with Gasteiger partial charge in [0.15, 0.2) is 5.96 Å². The van der Waals surface area contributed by atoms with Crippen molar-refractivity contribution >= 4 is 11.9 Å². The molecule has 3 rings (SSSR count). The van der Waals surface area contributed by atoms with E-state index in [2.05, 4.69) is 20.5 Å². The zero-order valence-electron chi connectivity index (χ0n) is 13.1. The Balaban J connectivity index is 1.43. The smallest absolute Gasteiger partial charge is 0.225 e. The van der Waals surface area contributed by atoms with E-state index in [4.69, 9.17) is 0 Å². The van der Waals surface area contributed by atoms with Crippen molar-refractivity contribution in [1.82, 2.24) is 15.5 Å². The number of hydrogen-bond donors (Lipinski definition) is 2. The standard InChI is InChI=1S/C16H28N4O/c1-17-16(18-10-12-6-7-12)19-14-8-9-20(11-14)15(21)13-4-2-3-5-13/h12-14H,2-11H2,1H3,(H2,17,18,19). The SMILES string of the molecule is CN=C(NCC1CC1)NC1CCN(C(=O)C2CCCC2)C1. The maximum absolute atomic E-state index is 12.4. The van der Waals surface area contributed by atoms with Gasteiger partial charge in [-0.3, -0.25) is 9.79 Å². The van der Waals surface area contributed by atoms with Crippen molar-refractivity contribution in [3.8, 4) is 0 Å². The third kappa shape index (κ3) is 3.89. The average Bonchev–Trinajstić information content (AvgIpc) is 2.99. The second kappa shape index (κ2) is 6.67. The molecule has 1 aliphatic heterocycles. The van der Waals surface area contributed by atoms with Crippen LogP contribution < -0.4 is 10.6 Å². The minimum absolute atomic E-state index is 0.302. The van der Waals surface area contributed by atoms with Crippen LogP contribution in [-0.4, -0.2) is 49.5 Å². The molecule has 2 saturated carbocycles. The molecule has 0 aromatic carbocycles. The molecule has 0 spiro atoms. The van der Waals surface area contributed by atoms with Gasteiger partial charge in [-0.15, -0.1) is 0 Å². The lowest BCUT2D eigenvalue weighted by Crippen LogP contribution is -2.45. The number of guanidine groups is 1. The summed E-state index contributed by atoms with van der Waals surface area (Å²) in [7, 11) is 1.82. The van der Waals surface area contributed by atoms with E-state index in [1.54, 1.807) is 0 Å². The number of hydrogen-bond acceptors (Lipinski definition) is 2. The van der Waals surface area contributed by atoms with Gasteiger partial charge in [0.05, 0.1) is 0 Å². The van der Waals surface area contributed by atoms with E-state index >= 15 is 0 Å². The first-order chi connectivity index (χ1) is 10.3. The highest BCUT2D eigenvalue weighted by Gasteiger charge is 2.32. The zero-order chi connectivity index (χ0) is 14.7. The van der Waals surface area contributed by atoms with Crippen LogP contribution in [0.15, 0.2) is 4.99 Å². The molecule has 21 heavy (non-hydrogen) atoms. The summed E-state index contributed by atoms with van der Waals surface area (Å²) in [4.78, 5) is 18.8.